The Labute approximate surface area is 102 Å². The average molecular weight is 319 g/mol. The number of hydrogen-bond donors (Lipinski definition) is 1. The Morgan fingerprint density at radius 2 is 2.33 bits per heavy atom. The van der Waals surface area contributed by atoms with Crippen molar-refractivity contribution in [1.82, 2.24) is 5.32 Å². The lowest BCUT2D eigenvalue weighted by molar-refractivity contribution is 0.0953. The Balaban J connectivity index is 2.69. The van der Waals surface area contributed by atoms with Crippen LogP contribution in [0.1, 0.15) is 16.8 Å². The first-order chi connectivity index (χ1) is 7.15. The SMILES string of the molecule is C=CCCNC(=O)c1ccc(F)cc1I. The molecule has 0 saturated carbocycles. The Kier molecular flexibility index (Phi) is 4.74. The number of hydrogen-bond acceptors (Lipinski definition) is 1. The molecule has 15 heavy (non-hydrogen) atoms. The van der Waals surface area contributed by atoms with E-state index >= 15 is 0 Å². The molecule has 0 unspecified atom stereocenters. The third-order valence-corrected chi connectivity index (χ3v) is 2.70. The standard InChI is InChI=1S/C11H11FINO/c1-2-3-6-14-11(15)9-5-4-8(12)7-10(9)13/h2,4-5,7H,1,3,6H2,(H,14,15). The van der Waals surface area contributed by atoms with Gasteiger partial charge in [-0.1, -0.05) is 6.08 Å². The summed E-state index contributed by atoms with van der Waals surface area (Å²) in [7, 11) is 0. The van der Waals surface area contributed by atoms with E-state index in [1.807, 2.05) is 22.6 Å². The van der Waals surface area contributed by atoms with Gasteiger partial charge in [0.25, 0.3) is 5.91 Å². The maximum absolute atomic E-state index is 12.8. The maximum Gasteiger partial charge on any atom is 0.252 e. The minimum absolute atomic E-state index is 0.179. The molecule has 0 bridgehead atoms. The van der Waals surface area contributed by atoms with E-state index in [0.717, 1.165) is 6.42 Å². The van der Waals surface area contributed by atoms with Crippen molar-refractivity contribution in [1.29, 1.82) is 0 Å². The largest absolute Gasteiger partial charge is 0.352 e. The lowest BCUT2D eigenvalue weighted by Crippen LogP contribution is -2.24. The van der Waals surface area contributed by atoms with Gasteiger partial charge in [0.15, 0.2) is 0 Å². The van der Waals surface area contributed by atoms with Gasteiger partial charge >= 0.3 is 0 Å². The minimum atomic E-state index is -0.331. The molecule has 0 fully saturated rings. The highest BCUT2D eigenvalue weighted by Gasteiger charge is 2.09. The molecule has 1 aromatic carbocycles. The molecule has 0 aliphatic heterocycles. The van der Waals surface area contributed by atoms with Crippen LogP contribution in [0.5, 0.6) is 0 Å². The monoisotopic (exact) mass is 319 g/mol. The third kappa shape index (κ3) is 3.62. The average Bonchev–Trinajstić information content (AvgIpc) is 2.17. The van der Waals surface area contributed by atoms with Crippen molar-refractivity contribution >= 4 is 28.5 Å². The first-order valence-corrected chi connectivity index (χ1v) is 5.57. The molecule has 2 nitrogen and oxygen atoms in total. The van der Waals surface area contributed by atoms with Crippen LogP contribution in [0.4, 0.5) is 4.39 Å². The summed E-state index contributed by atoms with van der Waals surface area (Å²) in [5.74, 6) is -0.511. The summed E-state index contributed by atoms with van der Waals surface area (Å²) in [4.78, 5) is 11.6. The topological polar surface area (TPSA) is 29.1 Å². The Hall–Kier alpha value is -0.910. The van der Waals surface area contributed by atoms with E-state index in [4.69, 9.17) is 0 Å². The van der Waals surface area contributed by atoms with E-state index in [1.165, 1.54) is 18.2 Å². The summed E-state index contributed by atoms with van der Waals surface area (Å²) < 4.78 is 13.4. The van der Waals surface area contributed by atoms with E-state index in [-0.39, 0.29) is 11.7 Å². The van der Waals surface area contributed by atoms with Gasteiger partial charge in [-0.15, -0.1) is 6.58 Å². The van der Waals surface area contributed by atoms with Gasteiger partial charge in [0, 0.05) is 10.1 Å². The molecule has 0 atom stereocenters. The van der Waals surface area contributed by atoms with E-state index in [9.17, 15) is 9.18 Å². The van der Waals surface area contributed by atoms with Gasteiger partial charge in [0.05, 0.1) is 5.56 Å². The molecule has 0 aromatic heterocycles. The molecule has 1 amide bonds. The van der Waals surface area contributed by atoms with Gasteiger partial charge in [-0.2, -0.15) is 0 Å². The van der Waals surface area contributed by atoms with Gasteiger partial charge in [-0.3, -0.25) is 4.79 Å². The molecule has 0 heterocycles. The molecular weight excluding hydrogens is 308 g/mol. The maximum atomic E-state index is 12.8. The summed E-state index contributed by atoms with van der Waals surface area (Å²) >= 11 is 1.94. The molecule has 4 heteroatoms. The molecule has 1 aromatic rings. The van der Waals surface area contributed by atoms with Crippen molar-refractivity contribution in [3.8, 4) is 0 Å². The van der Waals surface area contributed by atoms with Crippen molar-refractivity contribution in [3.63, 3.8) is 0 Å². The smallest absolute Gasteiger partial charge is 0.252 e. The zero-order chi connectivity index (χ0) is 11.3. The van der Waals surface area contributed by atoms with Crippen LogP contribution in [0.2, 0.25) is 0 Å². The predicted molar refractivity (Wildman–Crippen MR) is 66.3 cm³/mol. The van der Waals surface area contributed by atoms with Crippen LogP contribution in [0.25, 0.3) is 0 Å². The lowest BCUT2D eigenvalue weighted by atomic mass is 10.2. The second-order valence-electron chi connectivity index (χ2n) is 2.96. The molecule has 0 spiro atoms. The van der Waals surface area contributed by atoms with Gasteiger partial charge in [0.2, 0.25) is 0 Å². The predicted octanol–water partition coefficient (Wildman–Crippen LogP) is 2.74. The van der Waals surface area contributed by atoms with E-state index < -0.39 is 0 Å². The number of halogens is 2. The number of carbonyl (C=O) groups is 1. The highest BCUT2D eigenvalue weighted by molar-refractivity contribution is 14.1. The summed E-state index contributed by atoms with van der Waals surface area (Å²) in [6.45, 7) is 4.11. The number of rotatable bonds is 4. The molecule has 80 valence electrons. The molecular formula is C11H11FINO. The molecule has 0 aliphatic rings. The fourth-order valence-electron chi connectivity index (χ4n) is 1.06. The zero-order valence-electron chi connectivity index (χ0n) is 8.09. The fourth-order valence-corrected chi connectivity index (χ4v) is 1.78. The van der Waals surface area contributed by atoms with E-state index in [2.05, 4.69) is 11.9 Å². The zero-order valence-corrected chi connectivity index (χ0v) is 10.3. The van der Waals surface area contributed by atoms with Crippen LogP contribution < -0.4 is 5.32 Å². The number of benzene rings is 1. The Bertz CT molecular complexity index is 379. The van der Waals surface area contributed by atoms with Crippen molar-refractivity contribution < 1.29 is 9.18 Å². The lowest BCUT2D eigenvalue weighted by Gasteiger charge is -2.05. The summed E-state index contributed by atoms with van der Waals surface area (Å²) in [5.41, 5.74) is 0.501. The van der Waals surface area contributed by atoms with E-state index in [0.29, 0.717) is 15.7 Å². The molecule has 0 aliphatic carbocycles. The fraction of sp³-hybridized carbons (Fsp3) is 0.182. The molecule has 1 N–H and O–H groups in total. The number of nitrogens with one attached hydrogen (secondary N) is 1. The van der Waals surface area contributed by atoms with Crippen molar-refractivity contribution in [2.45, 2.75) is 6.42 Å². The first kappa shape index (κ1) is 12.2. The normalized spacial score (nSPS) is 9.73. The van der Waals surface area contributed by atoms with Gasteiger partial charge in [0.1, 0.15) is 5.82 Å². The van der Waals surface area contributed by atoms with Crippen LogP contribution in [0.15, 0.2) is 30.9 Å². The van der Waals surface area contributed by atoms with Crippen LogP contribution in [-0.4, -0.2) is 12.5 Å². The van der Waals surface area contributed by atoms with Crippen LogP contribution in [0.3, 0.4) is 0 Å². The quantitative estimate of drug-likeness (QED) is 0.516. The summed E-state index contributed by atoms with van der Waals surface area (Å²) in [6, 6.07) is 4.11. The summed E-state index contributed by atoms with van der Waals surface area (Å²) in [6.07, 6.45) is 2.46. The summed E-state index contributed by atoms with van der Waals surface area (Å²) in [5, 5.41) is 2.72. The Morgan fingerprint density at radius 1 is 1.60 bits per heavy atom. The second kappa shape index (κ2) is 5.85. The molecule has 0 saturated heterocycles. The number of amides is 1. The van der Waals surface area contributed by atoms with Crippen molar-refractivity contribution in [3.05, 3.63) is 45.8 Å². The van der Waals surface area contributed by atoms with Crippen LogP contribution in [0, 0.1) is 9.39 Å². The van der Waals surface area contributed by atoms with Crippen LogP contribution in [-0.2, 0) is 0 Å². The second-order valence-corrected chi connectivity index (χ2v) is 4.12. The minimum Gasteiger partial charge on any atom is -0.352 e. The molecule has 0 radical (unpaired) electrons. The number of carbonyl (C=O) groups excluding carboxylic acids is 1. The van der Waals surface area contributed by atoms with Gasteiger partial charge in [-0.05, 0) is 47.2 Å². The first-order valence-electron chi connectivity index (χ1n) is 4.49. The van der Waals surface area contributed by atoms with Crippen molar-refractivity contribution in [2.75, 3.05) is 6.54 Å². The van der Waals surface area contributed by atoms with Crippen LogP contribution >= 0.6 is 22.6 Å². The molecule has 1 rings (SSSR count). The van der Waals surface area contributed by atoms with E-state index in [1.54, 1.807) is 6.08 Å². The van der Waals surface area contributed by atoms with Gasteiger partial charge < -0.3 is 5.32 Å². The third-order valence-electron chi connectivity index (χ3n) is 1.81. The van der Waals surface area contributed by atoms with Crippen molar-refractivity contribution in [2.24, 2.45) is 0 Å². The highest BCUT2D eigenvalue weighted by Crippen LogP contribution is 2.13. The highest BCUT2D eigenvalue weighted by atomic mass is 127. The van der Waals surface area contributed by atoms with Gasteiger partial charge in [-0.25, -0.2) is 4.39 Å². The Morgan fingerprint density at radius 3 is 2.93 bits per heavy atom.